The third kappa shape index (κ3) is 4.06. The van der Waals surface area contributed by atoms with Crippen molar-refractivity contribution in [3.8, 4) is 22.7 Å². The monoisotopic (exact) mass is 438 g/mol. The van der Waals surface area contributed by atoms with Crippen LogP contribution >= 0.6 is 0 Å². The molecular weight excluding hydrogens is 416 g/mol. The normalized spacial score (nSPS) is 11.0. The van der Waals surface area contributed by atoms with E-state index in [4.69, 9.17) is 4.74 Å². The first-order valence-electron chi connectivity index (χ1n) is 10.5. The number of amides is 1. The number of nitrogens with one attached hydrogen (secondary N) is 1. The van der Waals surface area contributed by atoms with Crippen LogP contribution in [0.4, 0.5) is 0 Å². The van der Waals surface area contributed by atoms with E-state index >= 15 is 0 Å². The van der Waals surface area contributed by atoms with E-state index in [1.165, 1.54) is 0 Å². The highest BCUT2D eigenvalue weighted by molar-refractivity contribution is 6.06. The van der Waals surface area contributed by atoms with E-state index in [2.05, 4.69) is 20.6 Å². The molecule has 1 amide bonds. The van der Waals surface area contributed by atoms with Crippen LogP contribution in [0.25, 0.3) is 27.7 Å². The number of benzene rings is 3. The summed E-state index contributed by atoms with van der Waals surface area (Å²) in [5.74, 6) is 0.536. The molecule has 3 aromatic carbocycles. The summed E-state index contributed by atoms with van der Waals surface area (Å²) in [4.78, 5) is 17.0. The van der Waals surface area contributed by atoms with Crippen molar-refractivity contribution in [2.75, 3.05) is 7.11 Å². The first-order valence-corrected chi connectivity index (χ1v) is 10.5. The van der Waals surface area contributed by atoms with Crippen molar-refractivity contribution in [1.82, 2.24) is 29.9 Å². The second-order valence-corrected chi connectivity index (χ2v) is 7.64. The lowest BCUT2D eigenvalue weighted by Crippen LogP contribution is -2.26. The van der Waals surface area contributed by atoms with Gasteiger partial charge in [-0.1, -0.05) is 47.7 Å². The van der Waals surface area contributed by atoms with E-state index in [-0.39, 0.29) is 12.6 Å². The summed E-state index contributed by atoms with van der Waals surface area (Å²) in [6.45, 7) is 2.15. The van der Waals surface area contributed by atoms with Gasteiger partial charge in [-0.2, -0.15) is 0 Å². The minimum atomic E-state index is -0.162. The Balaban J connectivity index is 1.33. The fraction of sp³-hybridized carbons (Fsp3) is 0.120. The third-order valence-electron chi connectivity index (χ3n) is 5.44. The largest absolute Gasteiger partial charge is 0.495 e. The Bertz CT molecular complexity index is 1450. The first-order chi connectivity index (χ1) is 16.1. The predicted octanol–water partition coefficient (Wildman–Crippen LogP) is 3.99. The SMILES string of the molecule is COc1cc(-c2cn(CNC(=O)c3cccc4ccccc34)nn2)ccc1-n1cnc(C)c1. The summed E-state index contributed by atoms with van der Waals surface area (Å²) in [6.07, 6.45) is 5.48. The highest BCUT2D eigenvalue weighted by Crippen LogP contribution is 2.29. The van der Waals surface area contributed by atoms with Gasteiger partial charge in [0.1, 0.15) is 18.1 Å². The number of hydrogen-bond donors (Lipinski definition) is 1. The van der Waals surface area contributed by atoms with Crippen LogP contribution in [0.5, 0.6) is 5.75 Å². The molecule has 0 spiro atoms. The standard InChI is InChI=1S/C25H22N6O2/c1-17-13-30(15-26-17)23-11-10-19(12-24(23)33-2)22-14-31(29-28-22)16-27-25(32)21-9-5-7-18-6-3-4-8-20(18)21/h3-15H,16H2,1-2H3,(H,27,32). The maximum absolute atomic E-state index is 12.8. The fourth-order valence-corrected chi connectivity index (χ4v) is 3.78. The Hall–Kier alpha value is -4.46. The van der Waals surface area contributed by atoms with E-state index in [0.717, 1.165) is 27.7 Å². The number of imidazole rings is 1. The smallest absolute Gasteiger partial charge is 0.253 e. The van der Waals surface area contributed by atoms with Gasteiger partial charge in [0, 0.05) is 17.3 Å². The van der Waals surface area contributed by atoms with E-state index < -0.39 is 0 Å². The molecule has 5 rings (SSSR count). The lowest BCUT2D eigenvalue weighted by Gasteiger charge is -2.10. The maximum atomic E-state index is 12.8. The van der Waals surface area contributed by atoms with Crippen LogP contribution < -0.4 is 10.1 Å². The van der Waals surface area contributed by atoms with Crippen molar-refractivity contribution in [1.29, 1.82) is 0 Å². The van der Waals surface area contributed by atoms with E-state index in [1.807, 2.05) is 78.4 Å². The molecule has 5 aromatic rings. The molecule has 0 saturated heterocycles. The molecule has 0 fully saturated rings. The molecule has 2 aromatic heterocycles. The van der Waals surface area contributed by atoms with E-state index in [9.17, 15) is 4.79 Å². The second kappa shape index (κ2) is 8.58. The lowest BCUT2D eigenvalue weighted by atomic mass is 10.0. The molecule has 0 bridgehead atoms. The van der Waals surface area contributed by atoms with Gasteiger partial charge >= 0.3 is 0 Å². The average Bonchev–Trinajstić information content (AvgIpc) is 3.51. The van der Waals surface area contributed by atoms with Gasteiger partial charge in [-0.05, 0) is 35.9 Å². The highest BCUT2D eigenvalue weighted by Gasteiger charge is 2.12. The number of nitrogens with zero attached hydrogens (tertiary/aromatic N) is 5. The van der Waals surface area contributed by atoms with Crippen molar-refractivity contribution in [2.24, 2.45) is 0 Å². The van der Waals surface area contributed by atoms with Crippen LogP contribution in [0.3, 0.4) is 0 Å². The van der Waals surface area contributed by atoms with Crippen LogP contribution in [-0.2, 0) is 6.67 Å². The van der Waals surface area contributed by atoms with E-state index in [1.54, 1.807) is 24.3 Å². The molecule has 0 atom stereocenters. The van der Waals surface area contributed by atoms with Gasteiger partial charge in [0.25, 0.3) is 5.91 Å². The maximum Gasteiger partial charge on any atom is 0.253 e. The number of aromatic nitrogens is 5. The highest BCUT2D eigenvalue weighted by atomic mass is 16.5. The van der Waals surface area contributed by atoms with E-state index in [0.29, 0.717) is 17.0 Å². The van der Waals surface area contributed by atoms with Crippen LogP contribution in [-0.4, -0.2) is 37.6 Å². The summed E-state index contributed by atoms with van der Waals surface area (Å²) in [5, 5.41) is 13.3. The van der Waals surface area contributed by atoms with Crippen molar-refractivity contribution < 1.29 is 9.53 Å². The summed E-state index contributed by atoms with van der Waals surface area (Å²) in [7, 11) is 1.63. The second-order valence-electron chi connectivity index (χ2n) is 7.64. The predicted molar refractivity (Wildman–Crippen MR) is 125 cm³/mol. The molecule has 8 heteroatoms. The lowest BCUT2D eigenvalue weighted by molar-refractivity contribution is 0.0941. The topological polar surface area (TPSA) is 86.9 Å². The number of fused-ring (bicyclic) bond motifs is 1. The van der Waals surface area contributed by atoms with Crippen molar-refractivity contribution in [3.05, 3.63) is 90.6 Å². The Kier molecular flexibility index (Phi) is 5.32. The Morgan fingerprint density at radius 1 is 1.06 bits per heavy atom. The molecule has 0 radical (unpaired) electrons. The van der Waals surface area contributed by atoms with Crippen LogP contribution in [0.2, 0.25) is 0 Å². The molecule has 33 heavy (non-hydrogen) atoms. The number of rotatable bonds is 6. The van der Waals surface area contributed by atoms with Gasteiger partial charge in [-0.15, -0.1) is 5.10 Å². The Labute approximate surface area is 190 Å². The number of ether oxygens (including phenoxy) is 1. The summed E-state index contributed by atoms with van der Waals surface area (Å²) in [6, 6.07) is 19.3. The van der Waals surface area contributed by atoms with Gasteiger partial charge in [-0.25, -0.2) is 9.67 Å². The fourth-order valence-electron chi connectivity index (χ4n) is 3.78. The van der Waals surface area contributed by atoms with Crippen molar-refractivity contribution in [2.45, 2.75) is 13.6 Å². The molecule has 0 aliphatic heterocycles. The number of carbonyl (C=O) groups excluding carboxylic acids is 1. The molecule has 0 saturated carbocycles. The number of methoxy groups -OCH3 is 1. The van der Waals surface area contributed by atoms with Gasteiger partial charge in [0.05, 0.1) is 31.0 Å². The number of carbonyl (C=O) groups is 1. The Morgan fingerprint density at radius 3 is 2.73 bits per heavy atom. The molecule has 164 valence electrons. The molecule has 8 nitrogen and oxygen atoms in total. The number of hydrogen-bond acceptors (Lipinski definition) is 5. The quantitative estimate of drug-likeness (QED) is 0.433. The van der Waals surface area contributed by atoms with Gasteiger partial charge in [0.2, 0.25) is 0 Å². The first kappa shape index (κ1) is 20.4. The molecule has 0 aliphatic rings. The zero-order valence-electron chi connectivity index (χ0n) is 18.3. The van der Waals surface area contributed by atoms with Crippen molar-refractivity contribution in [3.63, 3.8) is 0 Å². The zero-order chi connectivity index (χ0) is 22.8. The van der Waals surface area contributed by atoms with Gasteiger partial charge in [-0.3, -0.25) is 4.79 Å². The van der Waals surface area contributed by atoms with Crippen LogP contribution in [0.1, 0.15) is 16.1 Å². The molecule has 2 heterocycles. The van der Waals surface area contributed by atoms with Crippen LogP contribution in [0, 0.1) is 6.92 Å². The Morgan fingerprint density at radius 2 is 1.91 bits per heavy atom. The molecule has 1 N–H and O–H groups in total. The third-order valence-corrected chi connectivity index (χ3v) is 5.44. The van der Waals surface area contributed by atoms with Crippen LogP contribution in [0.15, 0.2) is 79.4 Å². The van der Waals surface area contributed by atoms with Gasteiger partial charge < -0.3 is 14.6 Å². The minimum absolute atomic E-state index is 0.162. The molecular formula is C25H22N6O2. The average molecular weight is 438 g/mol. The molecule has 0 aliphatic carbocycles. The summed E-state index contributed by atoms with van der Waals surface area (Å²) >= 11 is 0. The summed E-state index contributed by atoms with van der Waals surface area (Å²) in [5.41, 5.74) is 3.98. The van der Waals surface area contributed by atoms with Crippen molar-refractivity contribution >= 4 is 16.7 Å². The summed E-state index contributed by atoms with van der Waals surface area (Å²) < 4.78 is 9.09. The number of aryl methyl sites for hydroxylation is 1. The zero-order valence-corrected chi connectivity index (χ0v) is 18.3. The van der Waals surface area contributed by atoms with Gasteiger partial charge in [0.15, 0.2) is 0 Å². The minimum Gasteiger partial charge on any atom is -0.495 e. The molecule has 0 unspecified atom stereocenters.